The van der Waals surface area contributed by atoms with Crippen molar-refractivity contribution in [1.82, 2.24) is 9.97 Å². The summed E-state index contributed by atoms with van der Waals surface area (Å²) in [5.41, 5.74) is 4.73. The van der Waals surface area contributed by atoms with Crippen LogP contribution in [0.4, 0.5) is 5.82 Å². The predicted octanol–water partition coefficient (Wildman–Crippen LogP) is 3.74. The Bertz CT molecular complexity index is 604. The minimum absolute atomic E-state index is 0.437. The van der Waals surface area contributed by atoms with Crippen LogP contribution in [0, 0.1) is 20.8 Å². The maximum Gasteiger partial charge on any atom is 0.147 e. The van der Waals surface area contributed by atoms with E-state index >= 15 is 0 Å². The summed E-state index contributed by atoms with van der Waals surface area (Å²) in [6.45, 7) is 7.23. The summed E-state index contributed by atoms with van der Waals surface area (Å²) in [5, 5.41) is 0. The summed E-state index contributed by atoms with van der Waals surface area (Å²) < 4.78 is 0. The van der Waals surface area contributed by atoms with E-state index in [1.807, 2.05) is 20.0 Å². The van der Waals surface area contributed by atoms with Crippen LogP contribution in [0.1, 0.15) is 41.4 Å². The first-order chi connectivity index (χ1) is 9.65. The molecule has 1 unspecified atom stereocenters. The van der Waals surface area contributed by atoms with Crippen molar-refractivity contribution in [2.24, 2.45) is 0 Å². The highest BCUT2D eigenvalue weighted by Crippen LogP contribution is 2.35. The van der Waals surface area contributed by atoms with Crippen molar-refractivity contribution in [3.63, 3.8) is 0 Å². The van der Waals surface area contributed by atoms with Gasteiger partial charge in [0, 0.05) is 6.54 Å². The van der Waals surface area contributed by atoms with E-state index in [2.05, 4.69) is 41.1 Å². The third-order valence-electron chi connectivity index (χ3n) is 4.19. The minimum Gasteiger partial charge on any atom is -0.348 e. The molecule has 0 N–H and O–H groups in total. The Kier molecular flexibility index (Phi) is 3.43. The van der Waals surface area contributed by atoms with Gasteiger partial charge in [-0.25, -0.2) is 4.98 Å². The molecule has 0 spiro atoms. The molecule has 1 aliphatic heterocycles. The Morgan fingerprint density at radius 1 is 1.05 bits per heavy atom. The number of aromatic nitrogens is 2. The van der Waals surface area contributed by atoms with E-state index in [0.29, 0.717) is 6.04 Å². The van der Waals surface area contributed by atoms with Gasteiger partial charge >= 0.3 is 0 Å². The van der Waals surface area contributed by atoms with Crippen LogP contribution < -0.4 is 4.90 Å². The van der Waals surface area contributed by atoms with Gasteiger partial charge in [0.2, 0.25) is 0 Å². The van der Waals surface area contributed by atoms with E-state index in [1.165, 1.54) is 24.0 Å². The third kappa shape index (κ3) is 2.40. The normalized spacial score (nSPS) is 18.6. The molecule has 3 heteroatoms. The molecule has 0 bridgehead atoms. The van der Waals surface area contributed by atoms with Crippen molar-refractivity contribution in [3.8, 4) is 0 Å². The van der Waals surface area contributed by atoms with Gasteiger partial charge in [0.05, 0.1) is 23.6 Å². The van der Waals surface area contributed by atoms with Gasteiger partial charge in [0.25, 0.3) is 0 Å². The lowest BCUT2D eigenvalue weighted by molar-refractivity contribution is 0.707. The topological polar surface area (TPSA) is 29.0 Å². The molecule has 3 nitrogen and oxygen atoms in total. The number of hydrogen-bond acceptors (Lipinski definition) is 3. The van der Waals surface area contributed by atoms with Gasteiger partial charge in [-0.2, -0.15) is 0 Å². The zero-order chi connectivity index (χ0) is 14.1. The Hall–Kier alpha value is -1.90. The van der Waals surface area contributed by atoms with Gasteiger partial charge in [-0.05, 0) is 39.2 Å². The molecule has 104 valence electrons. The van der Waals surface area contributed by atoms with Crippen LogP contribution in [0.5, 0.6) is 0 Å². The summed E-state index contributed by atoms with van der Waals surface area (Å²) >= 11 is 0. The fourth-order valence-corrected chi connectivity index (χ4v) is 2.84. The van der Waals surface area contributed by atoms with Crippen molar-refractivity contribution in [2.45, 2.75) is 39.7 Å². The van der Waals surface area contributed by atoms with Crippen LogP contribution >= 0.6 is 0 Å². The zero-order valence-electron chi connectivity index (χ0n) is 12.4. The molecular formula is C17H21N3. The maximum absolute atomic E-state index is 4.71. The molecule has 2 heterocycles. The number of anilines is 1. The standard InChI is InChI=1S/C17H21N3/c1-12-6-8-15(9-7-12)16-5-4-10-20(16)17-11-18-13(2)14(3)19-17/h6-9,11,16H,4-5,10H2,1-3H3. The molecule has 20 heavy (non-hydrogen) atoms. The van der Waals surface area contributed by atoms with E-state index in [9.17, 15) is 0 Å². The van der Waals surface area contributed by atoms with E-state index in [4.69, 9.17) is 4.98 Å². The third-order valence-corrected chi connectivity index (χ3v) is 4.19. The molecule has 1 fully saturated rings. The molecule has 1 aromatic heterocycles. The second kappa shape index (κ2) is 5.23. The second-order valence-corrected chi connectivity index (χ2v) is 5.66. The predicted molar refractivity (Wildman–Crippen MR) is 82.0 cm³/mol. The van der Waals surface area contributed by atoms with E-state index < -0.39 is 0 Å². The number of rotatable bonds is 2. The highest BCUT2D eigenvalue weighted by molar-refractivity contribution is 5.43. The maximum atomic E-state index is 4.71. The van der Waals surface area contributed by atoms with Gasteiger partial charge in [-0.1, -0.05) is 29.8 Å². The van der Waals surface area contributed by atoms with Gasteiger partial charge < -0.3 is 4.90 Å². The Labute approximate surface area is 120 Å². The highest BCUT2D eigenvalue weighted by atomic mass is 15.2. The lowest BCUT2D eigenvalue weighted by Gasteiger charge is -2.26. The van der Waals surface area contributed by atoms with Crippen LogP contribution in [0.2, 0.25) is 0 Å². The van der Waals surface area contributed by atoms with Crippen molar-refractivity contribution >= 4 is 5.82 Å². The average molecular weight is 267 g/mol. The van der Waals surface area contributed by atoms with Crippen LogP contribution in [0.15, 0.2) is 30.5 Å². The molecule has 3 rings (SSSR count). The lowest BCUT2D eigenvalue weighted by Crippen LogP contribution is -2.24. The molecular weight excluding hydrogens is 246 g/mol. The van der Waals surface area contributed by atoms with Gasteiger partial charge in [-0.15, -0.1) is 0 Å². The molecule has 0 radical (unpaired) electrons. The Morgan fingerprint density at radius 2 is 1.80 bits per heavy atom. The van der Waals surface area contributed by atoms with Gasteiger partial charge in [0.15, 0.2) is 0 Å². The summed E-state index contributed by atoms with van der Waals surface area (Å²) in [4.78, 5) is 11.6. The van der Waals surface area contributed by atoms with Crippen LogP contribution in [0.25, 0.3) is 0 Å². The molecule has 0 saturated carbocycles. The smallest absolute Gasteiger partial charge is 0.147 e. The number of nitrogens with zero attached hydrogens (tertiary/aromatic N) is 3. The van der Waals surface area contributed by atoms with Crippen LogP contribution in [-0.2, 0) is 0 Å². The van der Waals surface area contributed by atoms with Crippen molar-refractivity contribution < 1.29 is 0 Å². The zero-order valence-corrected chi connectivity index (χ0v) is 12.4. The van der Waals surface area contributed by atoms with Crippen molar-refractivity contribution in [2.75, 3.05) is 11.4 Å². The average Bonchev–Trinajstić information content (AvgIpc) is 2.92. The molecule has 1 atom stereocenters. The molecule has 1 aromatic carbocycles. The summed E-state index contributed by atoms with van der Waals surface area (Å²) in [6, 6.07) is 9.31. The first kappa shape index (κ1) is 13.1. The van der Waals surface area contributed by atoms with Crippen LogP contribution in [-0.4, -0.2) is 16.5 Å². The van der Waals surface area contributed by atoms with Gasteiger partial charge in [0.1, 0.15) is 5.82 Å². The van der Waals surface area contributed by atoms with Gasteiger partial charge in [-0.3, -0.25) is 4.98 Å². The number of aryl methyl sites for hydroxylation is 3. The highest BCUT2D eigenvalue weighted by Gasteiger charge is 2.27. The Balaban J connectivity index is 1.92. The molecule has 1 saturated heterocycles. The second-order valence-electron chi connectivity index (χ2n) is 5.66. The van der Waals surface area contributed by atoms with E-state index in [0.717, 1.165) is 23.8 Å². The van der Waals surface area contributed by atoms with Crippen LogP contribution in [0.3, 0.4) is 0 Å². The Morgan fingerprint density at radius 3 is 2.50 bits per heavy atom. The largest absolute Gasteiger partial charge is 0.348 e. The first-order valence-corrected chi connectivity index (χ1v) is 7.28. The van der Waals surface area contributed by atoms with E-state index in [-0.39, 0.29) is 0 Å². The number of hydrogen-bond donors (Lipinski definition) is 0. The molecule has 0 aliphatic carbocycles. The monoisotopic (exact) mass is 267 g/mol. The summed E-state index contributed by atoms with van der Waals surface area (Å²) in [6.07, 6.45) is 4.32. The van der Waals surface area contributed by atoms with Crippen molar-refractivity contribution in [1.29, 1.82) is 0 Å². The first-order valence-electron chi connectivity index (χ1n) is 7.28. The van der Waals surface area contributed by atoms with E-state index in [1.54, 1.807) is 0 Å². The fourth-order valence-electron chi connectivity index (χ4n) is 2.84. The summed E-state index contributed by atoms with van der Waals surface area (Å²) in [5.74, 6) is 1.01. The number of benzene rings is 1. The summed E-state index contributed by atoms with van der Waals surface area (Å²) in [7, 11) is 0. The quantitative estimate of drug-likeness (QED) is 0.830. The molecule has 0 amide bonds. The fraction of sp³-hybridized carbons (Fsp3) is 0.412. The molecule has 1 aliphatic rings. The minimum atomic E-state index is 0.437. The SMILES string of the molecule is Cc1ccc(C2CCCN2c2cnc(C)c(C)n2)cc1. The van der Waals surface area contributed by atoms with Crippen molar-refractivity contribution in [3.05, 3.63) is 53.0 Å². The molecule has 2 aromatic rings. The lowest BCUT2D eigenvalue weighted by atomic mass is 10.0.